The van der Waals surface area contributed by atoms with E-state index in [0.29, 0.717) is 0 Å². The van der Waals surface area contributed by atoms with E-state index in [1.165, 1.54) is 0 Å². The molecule has 0 unspecified atom stereocenters. The number of rotatable bonds is 0. The summed E-state index contributed by atoms with van der Waals surface area (Å²) in [5.41, 5.74) is 15.6. The van der Waals surface area contributed by atoms with Gasteiger partial charge < -0.3 is 11.5 Å². The third-order valence-electron chi connectivity index (χ3n) is 2.25. The van der Waals surface area contributed by atoms with Crippen LogP contribution in [0.1, 0.15) is 31.9 Å². The molecule has 1 aromatic carbocycles. The van der Waals surface area contributed by atoms with Gasteiger partial charge in [0.15, 0.2) is 0 Å². The van der Waals surface area contributed by atoms with Crippen molar-refractivity contribution in [1.82, 2.24) is 0 Å². The topological polar surface area (TPSA) is 52.0 Å². The molecule has 0 aliphatic carbocycles. The van der Waals surface area contributed by atoms with Gasteiger partial charge in [0.1, 0.15) is 0 Å². The Labute approximate surface area is 79.9 Å². The summed E-state index contributed by atoms with van der Waals surface area (Å²) in [6, 6.07) is 3.92. The molecule has 0 amide bonds. The standard InChI is InChI=1S/C11H18N2/c1-7-5-10(13)8(6-9(7)12)11(2,3)4/h5-6H,12-13H2,1-4H3. The highest BCUT2D eigenvalue weighted by molar-refractivity contribution is 5.61. The van der Waals surface area contributed by atoms with Crippen LogP contribution in [0.4, 0.5) is 11.4 Å². The van der Waals surface area contributed by atoms with Crippen LogP contribution in [0.5, 0.6) is 0 Å². The van der Waals surface area contributed by atoms with Gasteiger partial charge in [0.25, 0.3) is 0 Å². The second kappa shape index (κ2) is 2.95. The molecule has 0 aliphatic heterocycles. The van der Waals surface area contributed by atoms with Crippen molar-refractivity contribution >= 4 is 11.4 Å². The smallest absolute Gasteiger partial charge is 0.0356 e. The Bertz CT molecular complexity index is 322. The van der Waals surface area contributed by atoms with E-state index in [9.17, 15) is 0 Å². The molecular weight excluding hydrogens is 160 g/mol. The lowest BCUT2D eigenvalue weighted by atomic mass is 9.85. The lowest BCUT2D eigenvalue weighted by Gasteiger charge is -2.22. The van der Waals surface area contributed by atoms with Crippen LogP contribution < -0.4 is 11.5 Å². The maximum absolute atomic E-state index is 5.92. The molecule has 0 radical (unpaired) electrons. The molecule has 0 aromatic heterocycles. The molecular formula is C11H18N2. The van der Waals surface area contributed by atoms with Crippen molar-refractivity contribution in [3.05, 3.63) is 23.3 Å². The monoisotopic (exact) mass is 178 g/mol. The number of hydrogen-bond acceptors (Lipinski definition) is 2. The summed E-state index contributed by atoms with van der Waals surface area (Å²) < 4.78 is 0. The summed E-state index contributed by atoms with van der Waals surface area (Å²) in [5.74, 6) is 0. The maximum atomic E-state index is 5.92. The first kappa shape index (κ1) is 9.90. The molecule has 0 spiro atoms. The van der Waals surface area contributed by atoms with Crippen LogP contribution in [0, 0.1) is 6.92 Å². The number of aryl methyl sites for hydroxylation is 1. The second-order valence-corrected chi connectivity index (χ2v) is 4.55. The average Bonchev–Trinajstić information content (AvgIpc) is 1.94. The quantitative estimate of drug-likeness (QED) is 0.599. The molecule has 4 N–H and O–H groups in total. The van der Waals surface area contributed by atoms with Crippen LogP contribution in [-0.2, 0) is 5.41 Å². The second-order valence-electron chi connectivity index (χ2n) is 4.55. The number of anilines is 2. The average molecular weight is 178 g/mol. The predicted molar refractivity (Wildman–Crippen MR) is 58.7 cm³/mol. The molecule has 2 nitrogen and oxygen atoms in total. The Hall–Kier alpha value is -1.18. The van der Waals surface area contributed by atoms with E-state index in [0.717, 1.165) is 22.5 Å². The largest absolute Gasteiger partial charge is 0.399 e. The Morgan fingerprint density at radius 3 is 2.00 bits per heavy atom. The van der Waals surface area contributed by atoms with Gasteiger partial charge in [-0.3, -0.25) is 0 Å². The van der Waals surface area contributed by atoms with Gasteiger partial charge in [-0.1, -0.05) is 20.8 Å². The highest BCUT2D eigenvalue weighted by atomic mass is 14.6. The third kappa shape index (κ3) is 1.94. The van der Waals surface area contributed by atoms with Gasteiger partial charge in [0.05, 0.1) is 0 Å². The first-order valence-electron chi connectivity index (χ1n) is 4.48. The van der Waals surface area contributed by atoms with E-state index in [1.54, 1.807) is 0 Å². The molecule has 1 aromatic rings. The summed E-state index contributed by atoms with van der Waals surface area (Å²) >= 11 is 0. The van der Waals surface area contributed by atoms with E-state index >= 15 is 0 Å². The van der Waals surface area contributed by atoms with Crippen molar-refractivity contribution in [2.24, 2.45) is 0 Å². The Morgan fingerprint density at radius 2 is 1.54 bits per heavy atom. The summed E-state index contributed by atoms with van der Waals surface area (Å²) in [7, 11) is 0. The fourth-order valence-corrected chi connectivity index (χ4v) is 1.40. The summed E-state index contributed by atoms with van der Waals surface area (Å²) in [5, 5.41) is 0. The predicted octanol–water partition coefficient (Wildman–Crippen LogP) is 2.46. The fraction of sp³-hybridized carbons (Fsp3) is 0.455. The normalized spacial score (nSPS) is 11.7. The van der Waals surface area contributed by atoms with Gasteiger partial charge in [0, 0.05) is 11.4 Å². The number of nitrogen functional groups attached to an aromatic ring is 2. The van der Waals surface area contributed by atoms with Gasteiger partial charge in [0.2, 0.25) is 0 Å². The number of nitrogens with two attached hydrogens (primary N) is 2. The Kier molecular flexibility index (Phi) is 2.24. The van der Waals surface area contributed by atoms with Crippen LogP contribution in [0.15, 0.2) is 12.1 Å². The fourth-order valence-electron chi connectivity index (χ4n) is 1.40. The zero-order valence-electron chi connectivity index (χ0n) is 8.81. The van der Waals surface area contributed by atoms with Gasteiger partial charge in [-0.15, -0.1) is 0 Å². The minimum Gasteiger partial charge on any atom is -0.399 e. The van der Waals surface area contributed by atoms with Crippen molar-refractivity contribution in [2.45, 2.75) is 33.1 Å². The molecule has 0 aliphatic rings. The van der Waals surface area contributed by atoms with E-state index in [1.807, 2.05) is 19.1 Å². The van der Waals surface area contributed by atoms with Crippen LogP contribution in [-0.4, -0.2) is 0 Å². The molecule has 1 rings (SSSR count). The summed E-state index contributed by atoms with van der Waals surface area (Å²) in [6.07, 6.45) is 0. The van der Waals surface area contributed by atoms with Crippen molar-refractivity contribution in [3.8, 4) is 0 Å². The lowest BCUT2D eigenvalue weighted by Crippen LogP contribution is -2.14. The Morgan fingerprint density at radius 1 is 1.00 bits per heavy atom. The third-order valence-corrected chi connectivity index (χ3v) is 2.25. The SMILES string of the molecule is Cc1cc(N)c(C(C)(C)C)cc1N. The first-order chi connectivity index (χ1) is 5.82. The van der Waals surface area contributed by atoms with E-state index < -0.39 is 0 Å². The lowest BCUT2D eigenvalue weighted by molar-refractivity contribution is 0.593. The summed E-state index contributed by atoms with van der Waals surface area (Å²) in [4.78, 5) is 0. The number of benzene rings is 1. The molecule has 13 heavy (non-hydrogen) atoms. The Balaban J connectivity index is 3.32. The van der Waals surface area contributed by atoms with E-state index in [-0.39, 0.29) is 5.41 Å². The molecule has 2 heteroatoms. The zero-order valence-corrected chi connectivity index (χ0v) is 8.81. The molecule has 72 valence electrons. The van der Waals surface area contributed by atoms with Gasteiger partial charge in [-0.05, 0) is 35.6 Å². The first-order valence-corrected chi connectivity index (χ1v) is 4.48. The van der Waals surface area contributed by atoms with Crippen LogP contribution in [0.3, 0.4) is 0 Å². The minimum atomic E-state index is 0.0614. The van der Waals surface area contributed by atoms with E-state index in [4.69, 9.17) is 11.5 Å². The van der Waals surface area contributed by atoms with Gasteiger partial charge >= 0.3 is 0 Å². The van der Waals surface area contributed by atoms with Crippen molar-refractivity contribution in [3.63, 3.8) is 0 Å². The van der Waals surface area contributed by atoms with Crippen molar-refractivity contribution in [2.75, 3.05) is 11.5 Å². The van der Waals surface area contributed by atoms with Crippen LogP contribution in [0.25, 0.3) is 0 Å². The molecule has 0 saturated heterocycles. The summed E-state index contributed by atoms with van der Waals surface area (Å²) in [6.45, 7) is 8.37. The molecule has 0 heterocycles. The number of hydrogen-bond donors (Lipinski definition) is 2. The molecule has 0 fully saturated rings. The van der Waals surface area contributed by atoms with Crippen LogP contribution in [0.2, 0.25) is 0 Å². The van der Waals surface area contributed by atoms with Gasteiger partial charge in [-0.25, -0.2) is 0 Å². The molecule has 0 saturated carbocycles. The molecule has 0 atom stereocenters. The highest BCUT2D eigenvalue weighted by Gasteiger charge is 2.17. The minimum absolute atomic E-state index is 0.0614. The van der Waals surface area contributed by atoms with Crippen molar-refractivity contribution < 1.29 is 0 Å². The highest BCUT2D eigenvalue weighted by Crippen LogP contribution is 2.30. The zero-order chi connectivity index (χ0) is 10.2. The van der Waals surface area contributed by atoms with Crippen molar-refractivity contribution in [1.29, 1.82) is 0 Å². The van der Waals surface area contributed by atoms with Crippen LogP contribution >= 0.6 is 0 Å². The maximum Gasteiger partial charge on any atom is 0.0356 e. The van der Waals surface area contributed by atoms with E-state index in [2.05, 4.69) is 20.8 Å². The molecule has 0 bridgehead atoms. The van der Waals surface area contributed by atoms with Gasteiger partial charge in [-0.2, -0.15) is 0 Å².